The van der Waals surface area contributed by atoms with Gasteiger partial charge >= 0.3 is 5.97 Å². The molecule has 0 amide bonds. The molecule has 2 rings (SSSR count). The van der Waals surface area contributed by atoms with Crippen LogP contribution in [0.25, 0.3) is 0 Å². The Morgan fingerprint density at radius 2 is 2.29 bits per heavy atom. The van der Waals surface area contributed by atoms with Crippen molar-refractivity contribution in [1.29, 1.82) is 0 Å². The van der Waals surface area contributed by atoms with Crippen LogP contribution in [0.5, 0.6) is 0 Å². The number of carboxylic acid groups (broad SMARTS) is 1. The molecule has 0 saturated heterocycles. The Hall–Kier alpha value is -1.33. The largest absolute Gasteiger partial charge is 0.475 e. The third-order valence-corrected chi connectivity index (χ3v) is 3.29. The minimum absolute atomic E-state index is 0.00673. The monoisotopic (exact) mass is 239 g/mol. The second kappa shape index (κ2) is 5.33. The van der Waals surface area contributed by atoms with E-state index in [1.165, 1.54) is 12.7 Å². The second-order valence-electron chi connectivity index (χ2n) is 4.36. The van der Waals surface area contributed by atoms with Gasteiger partial charge < -0.3 is 14.6 Å². The highest BCUT2D eigenvalue weighted by Gasteiger charge is 2.26. The molecule has 1 aromatic rings. The smallest absolute Gasteiger partial charge is 0.372 e. The molecule has 1 saturated carbocycles. The molecule has 1 aliphatic carbocycles. The summed E-state index contributed by atoms with van der Waals surface area (Å²) < 4.78 is 4.95. The first-order valence-corrected chi connectivity index (χ1v) is 5.87. The van der Waals surface area contributed by atoms with Gasteiger partial charge in [-0.05, 0) is 18.9 Å². The zero-order valence-electron chi connectivity index (χ0n) is 9.63. The van der Waals surface area contributed by atoms with Gasteiger partial charge in [-0.15, -0.1) is 0 Å². The van der Waals surface area contributed by atoms with Gasteiger partial charge in [0.2, 0.25) is 5.76 Å². The Bertz CT molecular complexity index is 384. The number of aliphatic hydroxyl groups excluding tert-OH is 1. The van der Waals surface area contributed by atoms with Gasteiger partial charge in [0.25, 0.3) is 0 Å². The highest BCUT2D eigenvalue weighted by Crippen LogP contribution is 2.26. The number of hydrogen-bond donors (Lipinski definition) is 2. The van der Waals surface area contributed by atoms with E-state index < -0.39 is 5.97 Å². The van der Waals surface area contributed by atoms with Gasteiger partial charge in [-0.3, -0.25) is 4.90 Å². The topological polar surface area (TPSA) is 73.9 Å². The second-order valence-corrected chi connectivity index (χ2v) is 4.36. The summed E-state index contributed by atoms with van der Waals surface area (Å²) in [5.74, 6) is -1.03. The van der Waals surface area contributed by atoms with Crippen molar-refractivity contribution in [2.24, 2.45) is 0 Å². The average molecular weight is 239 g/mol. The van der Waals surface area contributed by atoms with E-state index in [4.69, 9.17) is 14.6 Å². The molecular weight excluding hydrogens is 222 g/mol. The molecule has 1 aromatic heterocycles. The number of carboxylic acids is 1. The number of furan rings is 1. The lowest BCUT2D eigenvalue weighted by molar-refractivity contribution is 0.0651. The number of rotatable bonds is 6. The van der Waals surface area contributed by atoms with Crippen molar-refractivity contribution in [1.82, 2.24) is 4.90 Å². The highest BCUT2D eigenvalue weighted by atomic mass is 16.4. The normalized spacial score (nSPS) is 16.1. The lowest BCUT2D eigenvalue weighted by Gasteiger charge is -2.37. The van der Waals surface area contributed by atoms with Crippen molar-refractivity contribution >= 4 is 5.97 Å². The molecule has 1 fully saturated rings. The van der Waals surface area contributed by atoms with Gasteiger partial charge in [0.1, 0.15) is 0 Å². The van der Waals surface area contributed by atoms with Crippen LogP contribution in [0.3, 0.4) is 0 Å². The zero-order chi connectivity index (χ0) is 12.3. The van der Waals surface area contributed by atoms with Gasteiger partial charge in [-0.25, -0.2) is 4.79 Å². The molecule has 5 nitrogen and oxygen atoms in total. The van der Waals surface area contributed by atoms with Crippen LogP contribution in [-0.2, 0) is 6.54 Å². The van der Waals surface area contributed by atoms with Crippen molar-refractivity contribution in [2.45, 2.75) is 31.8 Å². The van der Waals surface area contributed by atoms with Crippen LogP contribution < -0.4 is 0 Å². The standard InChI is InChI=1S/C12H17NO4/c14-6-5-13(10-2-1-3-10)8-9-4-7-17-11(9)12(15)16/h4,7,10,14H,1-3,5-6,8H2,(H,15,16). The van der Waals surface area contributed by atoms with E-state index in [9.17, 15) is 4.79 Å². The number of nitrogens with zero attached hydrogens (tertiary/aromatic N) is 1. The van der Waals surface area contributed by atoms with E-state index in [1.807, 2.05) is 0 Å². The summed E-state index contributed by atoms with van der Waals surface area (Å²) in [4.78, 5) is 13.0. The highest BCUT2D eigenvalue weighted by molar-refractivity contribution is 5.86. The van der Waals surface area contributed by atoms with Gasteiger partial charge in [-0.2, -0.15) is 0 Å². The summed E-state index contributed by atoms with van der Waals surface area (Å²) in [6.07, 6.45) is 4.86. The van der Waals surface area contributed by atoms with E-state index in [-0.39, 0.29) is 12.4 Å². The molecule has 2 N–H and O–H groups in total. The van der Waals surface area contributed by atoms with Crippen molar-refractivity contribution in [3.05, 3.63) is 23.7 Å². The van der Waals surface area contributed by atoms with Crippen molar-refractivity contribution in [3.63, 3.8) is 0 Å². The molecule has 0 spiro atoms. The molecular formula is C12H17NO4. The minimum Gasteiger partial charge on any atom is -0.475 e. The van der Waals surface area contributed by atoms with Crippen molar-refractivity contribution in [2.75, 3.05) is 13.2 Å². The lowest BCUT2D eigenvalue weighted by Crippen LogP contribution is -2.41. The van der Waals surface area contributed by atoms with Crippen LogP contribution in [0.4, 0.5) is 0 Å². The summed E-state index contributed by atoms with van der Waals surface area (Å²) >= 11 is 0. The molecule has 1 heterocycles. The zero-order valence-corrected chi connectivity index (χ0v) is 9.63. The summed E-state index contributed by atoms with van der Waals surface area (Å²) in [5.41, 5.74) is 0.679. The van der Waals surface area contributed by atoms with Gasteiger partial charge in [0.05, 0.1) is 12.9 Å². The Kier molecular flexibility index (Phi) is 3.81. The number of carbonyl (C=O) groups is 1. The summed E-state index contributed by atoms with van der Waals surface area (Å²) in [5, 5.41) is 18.0. The molecule has 5 heteroatoms. The van der Waals surface area contributed by atoms with Crippen molar-refractivity contribution < 1.29 is 19.4 Å². The molecule has 0 bridgehead atoms. The Labute approximate surface area is 99.6 Å². The fourth-order valence-corrected chi connectivity index (χ4v) is 2.14. The Morgan fingerprint density at radius 3 is 2.82 bits per heavy atom. The maximum atomic E-state index is 10.9. The van der Waals surface area contributed by atoms with E-state index in [1.54, 1.807) is 6.07 Å². The Balaban J connectivity index is 2.05. The molecule has 0 radical (unpaired) electrons. The Morgan fingerprint density at radius 1 is 1.53 bits per heavy atom. The van der Waals surface area contributed by atoms with Crippen LogP contribution in [0, 0.1) is 0 Å². The molecule has 94 valence electrons. The van der Waals surface area contributed by atoms with Gasteiger partial charge in [-0.1, -0.05) is 6.42 Å². The van der Waals surface area contributed by atoms with Crippen LogP contribution in [0.1, 0.15) is 35.4 Å². The first-order valence-electron chi connectivity index (χ1n) is 5.87. The fraction of sp³-hybridized carbons (Fsp3) is 0.583. The SMILES string of the molecule is O=C(O)c1occc1CN(CCO)C1CCC1. The third-order valence-electron chi connectivity index (χ3n) is 3.29. The van der Waals surface area contributed by atoms with Crippen LogP contribution in [-0.4, -0.2) is 40.3 Å². The number of aromatic carboxylic acids is 1. The molecule has 0 unspecified atom stereocenters. The summed E-state index contributed by atoms with van der Waals surface area (Å²) in [6, 6.07) is 2.16. The van der Waals surface area contributed by atoms with E-state index in [0.29, 0.717) is 24.7 Å². The maximum Gasteiger partial charge on any atom is 0.372 e. The average Bonchev–Trinajstić information content (AvgIpc) is 2.63. The predicted octanol–water partition coefficient (Wildman–Crippen LogP) is 1.32. The molecule has 1 aliphatic rings. The first kappa shape index (κ1) is 12.1. The lowest BCUT2D eigenvalue weighted by atomic mass is 9.91. The fourth-order valence-electron chi connectivity index (χ4n) is 2.14. The molecule has 0 aromatic carbocycles. The number of aliphatic hydroxyl groups is 1. The predicted molar refractivity (Wildman–Crippen MR) is 60.8 cm³/mol. The quantitative estimate of drug-likeness (QED) is 0.783. The van der Waals surface area contributed by atoms with Crippen molar-refractivity contribution in [3.8, 4) is 0 Å². The molecule has 17 heavy (non-hydrogen) atoms. The summed E-state index contributed by atoms with van der Waals surface area (Å²) in [7, 11) is 0. The summed E-state index contributed by atoms with van der Waals surface area (Å²) in [6.45, 7) is 1.20. The van der Waals surface area contributed by atoms with E-state index in [0.717, 1.165) is 12.8 Å². The van der Waals surface area contributed by atoms with Crippen LogP contribution >= 0.6 is 0 Å². The van der Waals surface area contributed by atoms with Gasteiger partial charge in [0.15, 0.2) is 0 Å². The molecule has 0 aliphatic heterocycles. The first-order chi connectivity index (χ1) is 8.22. The third kappa shape index (κ3) is 2.68. The van der Waals surface area contributed by atoms with Crippen LogP contribution in [0.2, 0.25) is 0 Å². The molecule has 0 atom stereocenters. The van der Waals surface area contributed by atoms with Crippen LogP contribution in [0.15, 0.2) is 16.7 Å². The van der Waals surface area contributed by atoms with Gasteiger partial charge in [0, 0.05) is 24.7 Å². The van der Waals surface area contributed by atoms with E-state index in [2.05, 4.69) is 4.90 Å². The van der Waals surface area contributed by atoms with E-state index >= 15 is 0 Å². The minimum atomic E-state index is -1.04. The number of hydrogen-bond acceptors (Lipinski definition) is 4. The maximum absolute atomic E-state index is 10.9.